The molecule has 9 heteroatoms. The van der Waals surface area contributed by atoms with Gasteiger partial charge in [0.2, 0.25) is 0 Å². The van der Waals surface area contributed by atoms with Crippen LogP contribution in [0.15, 0.2) is 16.6 Å². The number of carbonyl (C=O) groups excluding carboxylic acids is 1. The Morgan fingerprint density at radius 1 is 1.44 bits per heavy atom. The molecule has 1 amide bonds. The number of halogens is 4. The molecule has 0 bridgehead atoms. The van der Waals surface area contributed by atoms with Gasteiger partial charge in [-0.05, 0) is 18.6 Å². The maximum atomic E-state index is 12.1. The van der Waals surface area contributed by atoms with Crippen LogP contribution in [0.1, 0.15) is 5.56 Å². The van der Waals surface area contributed by atoms with E-state index in [9.17, 15) is 28.1 Å². The van der Waals surface area contributed by atoms with Crippen molar-refractivity contribution in [2.24, 2.45) is 0 Å². The predicted octanol–water partition coefficient (Wildman–Crippen LogP) is 3.17. The molecule has 0 aliphatic carbocycles. The third kappa shape index (κ3) is 3.19. The van der Waals surface area contributed by atoms with Gasteiger partial charge in [-0.3, -0.25) is 14.9 Å². The topological polar surface area (TPSA) is 72.2 Å². The average molecular weight is 327 g/mol. The molecule has 1 N–H and O–H groups in total. The van der Waals surface area contributed by atoms with E-state index in [0.29, 0.717) is 4.47 Å². The predicted molar refractivity (Wildman–Crippen MR) is 60.2 cm³/mol. The zero-order valence-corrected chi connectivity index (χ0v) is 10.4. The Hall–Kier alpha value is -1.64. The molecule has 5 nitrogen and oxygen atoms in total. The Morgan fingerprint density at radius 2 is 2.00 bits per heavy atom. The molecule has 18 heavy (non-hydrogen) atoms. The van der Waals surface area contributed by atoms with Crippen LogP contribution in [0.3, 0.4) is 0 Å². The number of hydrogen-bond acceptors (Lipinski definition) is 3. The molecule has 0 saturated heterocycles. The second kappa shape index (κ2) is 4.92. The molecule has 0 saturated carbocycles. The summed E-state index contributed by atoms with van der Waals surface area (Å²) in [5.74, 6) is -2.25. The molecule has 1 rings (SSSR count). The van der Waals surface area contributed by atoms with Gasteiger partial charge in [0.25, 0.3) is 5.69 Å². The first-order valence-corrected chi connectivity index (χ1v) is 5.25. The van der Waals surface area contributed by atoms with Crippen molar-refractivity contribution in [3.05, 3.63) is 32.3 Å². The van der Waals surface area contributed by atoms with E-state index in [-0.39, 0.29) is 5.56 Å². The van der Waals surface area contributed by atoms with Crippen molar-refractivity contribution in [2.75, 3.05) is 5.32 Å². The number of amides is 1. The van der Waals surface area contributed by atoms with Gasteiger partial charge in [-0.2, -0.15) is 13.2 Å². The van der Waals surface area contributed by atoms with Gasteiger partial charge in [-0.25, -0.2) is 0 Å². The minimum atomic E-state index is -5.10. The fourth-order valence-electron chi connectivity index (χ4n) is 1.22. The number of nitro benzene ring substituents is 1. The van der Waals surface area contributed by atoms with Crippen LogP contribution < -0.4 is 5.32 Å². The average Bonchev–Trinajstić information content (AvgIpc) is 2.19. The Balaban J connectivity index is 3.24. The first-order valence-electron chi connectivity index (χ1n) is 4.45. The van der Waals surface area contributed by atoms with E-state index in [1.807, 2.05) is 0 Å². The monoisotopic (exact) mass is 326 g/mol. The van der Waals surface area contributed by atoms with Gasteiger partial charge in [0.15, 0.2) is 0 Å². The minimum Gasteiger partial charge on any atom is -0.312 e. The molecule has 1 aromatic carbocycles. The first-order chi connectivity index (χ1) is 8.12. The van der Waals surface area contributed by atoms with Crippen molar-refractivity contribution in [1.82, 2.24) is 0 Å². The van der Waals surface area contributed by atoms with Crippen molar-refractivity contribution in [3.8, 4) is 0 Å². The van der Waals surface area contributed by atoms with Crippen molar-refractivity contribution in [3.63, 3.8) is 0 Å². The molecule has 0 radical (unpaired) electrons. The molecule has 0 fully saturated rings. The molecule has 98 valence electrons. The van der Waals surface area contributed by atoms with Crippen LogP contribution >= 0.6 is 15.9 Å². The number of nitrogens with zero attached hydrogens (tertiary/aromatic N) is 1. The van der Waals surface area contributed by atoms with Crippen molar-refractivity contribution >= 4 is 33.2 Å². The Morgan fingerprint density at radius 3 is 2.44 bits per heavy atom. The van der Waals surface area contributed by atoms with Crippen molar-refractivity contribution in [1.29, 1.82) is 0 Å². The highest BCUT2D eigenvalue weighted by molar-refractivity contribution is 9.10. The molecule has 0 spiro atoms. The summed E-state index contributed by atoms with van der Waals surface area (Å²) in [5.41, 5.74) is -0.932. The fraction of sp³-hybridized carbons (Fsp3) is 0.222. The molecule has 0 unspecified atom stereocenters. The summed E-state index contributed by atoms with van der Waals surface area (Å²) in [6, 6.07) is 2.37. The number of hydrogen-bond donors (Lipinski definition) is 1. The number of rotatable bonds is 2. The molecule has 1 aromatic rings. The van der Waals surface area contributed by atoms with Gasteiger partial charge in [0, 0.05) is 10.5 Å². The quantitative estimate of drug-likeness (QED) is 0.670. The Kier molecular flexibility index (Phi) is 3.95. The van der Waals surface area contributed by atoms with E-state index < -0.39 is 28.4 Å². The van der Waals surface area contributed by atoms with Crippen molar-refractivity contribution in [2.45, 2.75) is 13.1 Å². The Labute approximate surface area is 107 Å². The van der Waals surface area contributed by atoms with Crippen LogP contribution in [-0.4, -0.2) is 17.0 Å². The van der Waals surface area contributed by atoms with Gasteiger partial charge >= 0.3 is 12.1 Å². The molecular weight excluding hydrogens is 321 g/mol. The lowest BCUT2D eigenvalue weighted by atomic mass is 10.1. The van der Waals surface area contributed by atoms with E-state index in [4.69, 9.17) is 0 Å². The normalized spacial score (nSPS) is 11.2. The van der Waals surface area contributed by atoms with E-state index in [2.05, 4.69) is 15.9 Å². The summed E-state index contributed by atoms with van der Waals surface area (Å²) >= 11 is 2.98. The number of anilines is 1. The van der Waals surface area contributed by atoms with Crippen LogP contribution in [-0.2, 0) is 4.79 Å². The van der Waals surface area contributed by atoms with E-state index in [1.165, 1.54) is 18.3 Å². The molecule has 0 atom stereocenters. The smallest absolute Gasteiger partial charge is 0.312 e. The highest BCUT2D eigenvalue weighted by atomic mass is 79.9. The van der Waals surface area contributed by atoms with Crippen LogP contribution in [0, 0.1) is 17.0 Å². The molecular formula is C9H6BrF3N2O3. The summed E-state index contributed by atoms with van der Waals surface area (Å²) in [5, 5.41) is 12.2. The SMILES string of the molecule is Cc1cc(Br)cc([N+](=O)[O-])c1NC(=O)C(F)(F)F. The molecule has 0 aliphatic heterocycles. The second-order valence-electron chi connectivity index (χ2n) is 3.33. The van der Waals surface area contributed by atoms with Gasteiger partial charge in [-0.1, -0.05) is 15.9 Å². The minimum absolute atomic E-state index is 0.147. The maximum Gasteiger partial charge on any atom is 0.471 e. The van der Waals surface area contributed by atoms with Crippen LogP contribution in [0.5, 0.6) is 0 Å². The number of nitro groups is 1. The zero-order chi connectivity index (χ0) is 14.1. The summed E-state index contributed by atoms with van der Waals surface area (Å²) in [6.07, 6.45) is -5.10. The van der Waals surface area contributed by atoms with Crippen LogP contribution in [0.4, 0.5) is 24.5 Å². The summed E-state index contributed by atoms with van der Waals surface area (Å²) in [7, 11) is 0. The summed E-state index contributed by atoms with van der Waals surface area (Å²) < 4.78 is 36.6. The van der Waals surface area contributed by atoms with Gasteiger partial charge < -0.3 is 5.32 Å². The fourth-order valence-corrected chi connectivity index (χ4v) is 1.78. The third-order valence-corrected chi connectivity index (χ3v) is 2.43. The molecule has 0 aromatic heterocycles. The lowest BCUT2D eigenvalue weighted by Crippen LogP contribution is -2.30. The van der Waals surface area contributed by atoms with E-state index >= 15 is 0 Å². The standard InChI is InChI=1S/C9H6BrF3N2O3/c1-4-2-5(10)3-6(15(17)18)7(4)14-8(16)9(11,12)13/h2-3H,1H3,(H,14,16). The lowest BCUT2D eigenvalue weighted by Gasteiger charge is -2.11. The zero-order valence-electron chi connectivity index (χ0n) is 8.84. The highest BCUT2D eigenvalue weighted by Gasteiger charge is 2.40. The van der Waals surface area contributed by atoms with E-state index in [0.717, 1.165) is 6.07 Å². The van der Waals surface area contributed by atoms with Crippen LogP contribution in [0.25, 0.3) is 0 Å². The molecule has 0 aliphatic rings. The van der Waals surface area contributed by atoms with Gasteiger partial charge in [0.05, 0.1) is 4.92 Å². The number of alkyl halides is 3. The number of nitrogens with one attached hydrogen (secondary N) is 1. The highest BCUT2D eigenvalue weighted by Crippen LogP contribution is 2.33. The lowest BCUT2D eigenvalue weighted by molar-refractivity contribution is -0.384. The maximum absolute atomic E-state index is 12.1. The third-order valence-electron chi connectivity index (χ3n) is 1.97. The summed E-state index contributed by atoms with van der Waals surface area (Å²) in [6.45, 7) is 1.35. The van der Waals surface area contributed by atoms with Crippen LogP contribution in [0.2, 0.25) is 0 Å². The second-order valence-corrected chi connectivity index (χ2v) is 4.24. The Bertz CT molecular complexity index is 517. The van der Waals surface area contributed by atoms with E-state index in [1.54, 1.807) is 0 Å². The van der Waals surface area contributed by atoms with Gasteiger partial charge in [-0.15, -0.1) is 0 Å². The summed E-state index contributed by atoms with van der Waals surface area (Å²) in [4.78, 5) is 20.6. The van der Waals surface area contributed by atoms with Gasteiger partial charge in [0.1, 0.15) is 5.69 Å². The number of benzene rings is 1. The largest absolute Gasteiger partial charge is 0.471 e. The van der Waals surface area contributed by atoms with Crippen molar-refractivity contribution < 1.29 is 22.9 Å². The molecule has 0 heterocycles. The number of carbonyl (C=O) groups is 1. The first kappa shape index (κ1) is 14.4. The number of aryl methyl sites for hydroxylation is 1.